The SMILES string of the molecule is CC(=O)N[C@@H]1C[C@@H](c2nc(-c3ccc(C(C)(C)O)cc3)c3cnc4c(ccn4S(=O)(=O)c4ccc(C)cc4)n23)N(S(=O)(=O)C2CC2)C1. The van der Waals surface area contributed by atoms with E-state index in [1.165, 1.54) is 17.4 Å². The highest BCUT2D eigenvalue weighted by atomic mass is 32.2. The number of aryl methyl sites for hydroxylation is 1. The van der Waals surface area contributed by atoms with Crippen LogP contribution in [-0.2, 0) is 30.4 Å². The normalized spacial score (nSPS) is 19.5. The molecular weight excluding hydrogens is 641 g/mol. The zero-order chi connectivity index (χ0) is 33.5. The van der Waals surface area contributed by atoms with Crippen LogP contribution in [0.15, 0.2) is 71.9 Å². The second kappa shape index (κ2) is 11.0. The molecule has 7 rings (SSSR count). The molecule has 246 valence electrons. The highest BCUT2D eigenvalue weighted by Gasteiger charge is 2.49. The van der Waals surface area contributed by atoms with Gasteiger partial charge in [0.25, 0.3) is 10.0 Å². The van der Waals surface area contributed by atoms with Crippen LogP contribution >= 0.6 is 0 Å². The molecule has 0 radical (unpaired) electrons. The number of rotatable bonds is 8. The first-order valence-corrected chi connectivity index (χ1v) is 18.4. The van der Waals surface area contributed by atoms with E-state index in [9.17, 15) is 26.7 Å². The number of nitrogens with zero attached hydrogens (tertiary/aromatic N) is 5. The molecule has 1 amide bonds. The van der Waals surface area contributed by atoms with Crippen LogP contribution in [0.2, 0.25) is 0 Å². The van der Waals surface area contributed by atoms with Gasteiger partial charge in [0.2, 0.25) is 15.9 Å². The van der Waals surface area contributed by atoms with Gasteiger partial charge in [-0.2, -0.15) is 4.31 Å². The number of nitrogens with one attached hydrogen (secondary N) is 1. The van der Waals surface area contributed by atoms with Gasteiger partial charge in [-0.15, -0.1) is 0 Å². The van der Waals surface area contributed by atoms with Gasteiger partial charge in [0.1, 0.15) is 5.82 Å². The fourth-order valence-electron chi connectivity index (χ4n) is 6.40. The lowest BCUT2D eigenvalue weighted by molar-refractivity contribution is -0.119. The molecule has 1 saturated heterocycles. The second-order valence-electron chi connectivity index (χ2n) is 13.0. The molecule has 2 aliphatic rings. The number of aromatic nitrogens is 4. The highest BCUT2D eigenvalue weighted by molar-refractivity contribution is 7.90. The molecule has 0 bridgehead atoms. The molecule has 14 heteroatoms. The maximum absolute atomic E-state index is 13.8. The van der Waals surface area contributed by atoms with Crippen LogP contribution < -0.4 is 5.32 Å². The van der Waals surface area contributed by atoms with Crippen LogP contribution in [-0.4, -0.2) is 68.3 Å². The van der Waals surface area contributed by atoms with Gasteiger partial charge in [0, 0.05) is 31.3 Å². The fourth-order valence-corrected chi connectivity index (χ4v) is 9.73. The second-order valence-corrected chi connectivity index (χ2v) is 17.0. The third kappa shape index (κ3) is 5.42. The number of benzene rings is 2. The Morgan fingerprint density at radius 3 is 2.28 bits per heavy atom. The van der Waals surface area contributed by atoms with Crippen molar-refractivity contribution in [1.82, 2.24) is 28.0 Å². The number of amides is 1. The third-order valence-corrected chi connectivity index (χ3v) is 13.0. The third-order valence-electron chi connectivity index (χ3n) is 8.97. The van der Waals surface area contributed by atoms with Gasteiger partial charge in [0.15, 0.2) is 5.65 Å². The molecule has 5 aromatic rings. The summed E-state index contributed by atoms with van der Waals surface area (Å²) in [4.78, 5) is 21.9. The largest absolute Gasteiger partial charge is 0.386 e. The number of carbonyl (C=O) groups is 1. The van der Waals surface area contributed by atoms with Crippen LogP contribution in [0.3, 0.4) is 0 Å². The Morgan fingerprint density at radius 2 is 1.66 bits per heavy atom. The van der Waals surface area contributed by atoms with Gasteiger partial charge in [-0.3, -0.25) is 9.20 Å². The quantitative estimate of drug-likeness (QED) is 0.251. The van der Waals surface area contributed by atoms with Gasteiger partial charge >= 0.3 is 0 Å². The van der Waals surface area contributed by atoms with Crippen LogP contribution in [0.5, 0.6) is 0 Å². The van der Waals surface area contributed by atoms with Crippen molar-refractivity contribution in [2.24, 2.45) is 0 Å². The summed E-state index contributed by atoms with van der Waals surface area (Å²) in [5, 5.41) is 12.9. The van der Waals surface area contributed by atoms with E-state index in [2.05, 4.69) is 10.3 Å². The highest BCUT2D eigenvalue weighted by Crippen LogP contribution is 2.42. The number of imidazole rings is 1. The van der Waals surface area contributed by atoms with Crippen molar-refractivity contribution in [2.75, 3.05) is 6.54 Å². The Morgan fingerprint density at radius 1 is 0.979 bits per heavy atom. The van der Waals surface area contributed by atoms with E-state index in [4.69, 9.17) is 4.98 Å². The summed E-state index contributed by atoms with van der Waals surface area (Å²) < 4.78 is 59.5. The van der Waals surface area contributed by atoms with Crippen molar-refractivity contribution in [2.45, 2.75) is 74.8 Å². The van der Waals surface area contributed by atoms with Crippen LogP contribution in [0.4, 0.5) is 0 Å². The molecular formula is C33H36N6O6S2. The molecule has 1 aliphatic carbocycles. The van der Waals surface area contributed by atoms with E-state index in [1.807, 2.05) is 31.2 Å². The van der Waals surface area contributed by atoms with Gasteiger partial charge < -0.3 is 10.4 Å². The number of hydrogen-bond donors (Lipinski definition) is 2. The lowest BCUT2D eigenvalue weighted by Gasteiger charge is -2.23. The Hall–Kier alpha value is -4.11. The zero-order valence-electron chi connectivity index (χ0n) is 26.5. The van der Waals surface area contributed by atoms with Crippen molar-refractivity contribution in [3.63, 3.8) is 0 Å². The minimum absolute atomic E-state index is 0.102. The standard InChI is InChI=1S/C33H36N6O6S2/c1-20-5-11-25(12-6-20)46(42,43)37-16-15-27-31(37)34-18-29-30(22-7-9-23(10-8-22)33(3,4)41)36-32(39(27)29)28-17-24(35-21(2)40)19-38(28)47(44,45)26-13-14-26/h5-12,15-16,18,24,26,28,41H,13-14,17,19H2,1-4H3,(H,35,40)/t24-,28+/m1/s1. The molecule has 2 atom stereocenters. The molecule has 1 aliphatic heterocycles. The van der Waals surface area contributed by atoms with Gasteiger partial charge in [-0.1, -0.05) is 42.0 Å². The topological polar surface area (TPSA) is 156 Å². The molecule has 2 aromatic carbocycles. The Balaban J connectivity index is 1.45. The molecule has 3 aromatic heterocycles. The summed E-state index contributed by atoms with van der Waals surface area (Å²) in [6.07, 6.45) is 4.44. The number of aliphatic hydroxyl groups is 1. The predicted octanol–water partition coefficient (Wildman–Crippen LogP) is 3.87. The Labute approximate surface area is 273 Å². The minimum atomic E-state index is -4.02. The van der Waals surface area contributed by atoms with Crippen LogP contribution in [0, 0.1) is 6.92 Å². The molecule has 0 spiro atoms. The van der Waals surface area contributed by atoms with Gasteiger partial charge in [0.05, 0.1) is 44.7 Å². The summed E-state index contributed by atoms with van der Waals surface area (Å²) in [5.74, 6) is 0.140. The van der Waals surface area contributed by atoms with E-state index in [-0.39, 0.29) is 29.4 Å². The number of hydrogen-bond acceptors (Lipinski definition) is 8. The van der Waals surface area contributed by atoms with Crippen molar-refractivity contribution in [1.29, 1.82) is 0 Å². The average molecular weight is 677 g/mol. The monoisotopic (exact) mass is 676 g/mol. The van der Waals surface area contributed by atoms with E-state index in [0.29, 0.717) is 46.5 Å². The summed E-state index contributed by atoms with van der Waals surface area (Å²) in [6.45, 7) is 6.78. The molecule has 47 heavy (non-hydrogen) atoms. The first-order chi connectivity index (χ1) is 22.2. The first kappa shape index (κ1) is 31.5. The summed E-state index contributed by atoms with van der Waals surface area (Å²) in [5.41, 5.74) is 2.97. The maximum Gasteiger partial charge on any atom is 0.269 e. The van der Waals surface area contributed by atoms with Crippen molar-refractivity contribution in [3.05, 3.63) is 83.9 Å². The minimum Gasteiger partial charge on any atom is -0.386 e. The fraction of sp³-hybridized carbons (Fsp3) is 0.364. The average Bonchev–Trinajstić information content (AvgIpc) is 3.48. The van der Waals surface area contributed by atoms with Crippen molar-refractivity contribution in [3.8, 4) is 11.3 Å². The molecule has 1 saturated carbocycles. The Kier molecular flexibility index (Phi) is 7.35. The van der Waals surface area contributed by atoms with E-state index in [0.717, 1.165) is 9.54 Å². The molecule has 12 nitrogen and oxygen atoms in total. The zero-order valence-corrected chi connectivity index (χ0v) is 28.1. The number of fused-ring (bicyclic) bond motifs is 3. The first-order valence-electron chi connectivity index (χ1n) is 15.5. The van der Waals surface area contributed by atoms with Crippen molar-refractivity contribution < 1.29 is 26.7 Å². The number of sulfonamides is 1. The maximum atomic E-state index is 13.8. The lowest BCUT2D eigenvalue weighted by Crippen LogP contribution is -2.39. The Bertz CT molecular complexity index is 2250. The van der Waals surface area contributed by atoms with E-state index in [1.54, 1.807) is 54.8 Å². The number of carbonyl (C=O) groups excluding carboxylic acids is 1. The predicted molar refractivity (Wildman–Crippen MR) is 177 cm³/mol. The molecule has 2 N–H and O–H groups in total. The summed E-state index contributed by atoms with van der Waals surface area (Å²) in [6, 6.07) is 14.3. The lowest BCUT2D eigenvalue weighted by atomic mass is 9.97. The molecule has 4 heterocycles. The smallest absolute Gasteiger partial charge is 0.269 e. The van der Waals surface area contributed by atoms with Crippen molar-refractivity contribution >= 4 is 42.6 Å². The van der Waals surface area contributed by atoms with E-state index < -0.39 is 43.0 Å². The summed E-state index contributed by atoms with van der Waals surface area (Å²) >= 11 is 0. The van der Waals surface area contributed by atoms with Gasteiger partial charge in [-0.25, -0.2) is 30.8 Å². The van der Waals surface area contributed by atoms with Crippen LogP contribution in [0.25, 0.3) is 27.9 Å². The molecule has 0 unspecified atom stereocenters. The van der Waals surface area contributed by atoms with Gasteiger partial charge in [-0.05, 0) is 63.8 Å². The summed E-state index contributed by atoms with van der Waals surface area (Å²) in [7, 11) is -7.72. The van der Waals surface area contributed by atoms with Crippen LogP contribution in [0.1, 0.15) is 63.0 Å². The molecule has 2 fully saturated rings. The van der Waals surface area contributed by atoms with E-state index >= 15 is 0 Å².